The largest absolute Gasteiger partial charge is 0.261 e. The molecule has 0 aliphatic rings. The predicted octanol–water partition coefficient (Wildman–Crippen LogP) is 4.30. The van der Waals surface area contributed by atoms with E-state index in [1.807, 2.05) is 39.1 Å². The third-order valence-corrected chi connectivity index (χ3v) is 4.03. The topological polar surface area (TPSA) is 12.9 Å². The number of aryl methyl sites for hydroxylation is 1. The van der Waals surface area contributed by atoms with Gasteiger partial charge in [-0.05, 0) is 30.5 Å². The minimum atomic E-state index is -0.0767. The van der Waals surface area contributed by atoms with Gasteiger partial charge in [-0.1, -0.05) is 19.9 Å². The van der Waals surface area contributed by atoms with Gasteiger partial charge in [0.05, 0.1) is 0 Å². The van der Waals surface area contributed by atoms with Gasteiger partial charge in [0.25, 0.3) is 0 Å². The molecule has 2 aromatic heterocycles. The summed E-state index contributed by atoms with van der Waals surface area (Å²) in [6.45, 7) is 6.05. The van der Waals surface area contributed by atoms with Crippen LogP contribution in [0.15, 0.2) is 24.4 Å². The highest BCUT2D eigenvalue weighted by Gasteiger charge is 2.12. The Morgan fingerprint density at radius 3 is 2.65 bits per heavy atom. The van der Waals surface area contributed by atoms with Crippen molar-refractivity contribution in [2.24, 2.45) is 0 Å². The second-order valence-corrected chi connectivity index (χ2v) is 5.75. The first-order chi connectivity index (χ1) is 8.06. The molecule has 2 heterocycles. The normalized spacial score (nSPS) is 11.1. The van der Waals surface area contributed by atoms with Crippen molar-refractivity contribution in [3.63, 3.8) is 0 Å². The number of pyridine rings is 1. The van der Waals surface area contributed by atoms with E-state index in [2.05, 4.69) is 4.98 Å². The number of hydrogen-bond acceptors (Lipinski definition) is 2. The first-order valence-corrected chi connectivity index (χ1v) is 6.57. The van der Waals surface area contributed by atoms with Crippen molar-refractivity contribution in [3.8, 4) is 0 Å². The highest BCUT2D eigenvalue weighted by molar-refractivity contribution is 7.12. The van der Waals surface area contributed by atoms with Crippen molar-refractivity contribution < 1.29 is 4.39 Å². The summed E-state index contributed by atoms with van der Waals surface area (Å²) in [7, 11) is 0. The Hall–Kier alpha value is -1.22. The maximum atomic E-state index is 13.6. The zero-order valence-corrected chi connectivity index (χ0v) is 11.1. The minimum absolute atomic E-state index is 0.0767. The number of aromatic nitrogens is 1. The quantitative estimate of drug-likeness (QED) is 0.790. The molecule has 0 unspecified atom stereocenters. The average Bonchev–Trinajstić information content (AvgIpc) is 2.63. The van der Waals surface area contributed by atoms with E-state index in [0.29, 0.717) is 6.42 Å². The smallest absolute Gasteiger partial charge is 0.137 e. The van der Waals surface area contributed by atoms with Gasteiger partial charge in [0.1, 0.15) is 5.82 Å². The fourth-order valence-electron chi connectivity index (χ4n) is 1.69. The van der Waals surface area contributed by atoms with Crippen LogP contribution in [0.2, 0.25) is 0 Å². The third-order valence-electron chi connectivity index (χ3n) is 2.62. The van der Waals surface area contributed by atoms with Gasteiger partial charge in [-0.15, -0.1) is 11.3 Å². The fraction of sp³-hybridized carbons (Fsp3) is 0.357. The molecular formula is C14H16FNS. The molecule has 2 aromatic rings. The summed E-state index contributed by atoms with van der Waals surface area (Å²) in [5, 5.41) is 0. The van der Waals surface area contributed by atoms with E-state index in [9.17, 15) is 4.39 Å². The van der Waals surface area contributed by atoms with Gasteiger partial charge in [0.15, 0.2) is 0 Å². The maximum Gasteiger partial charge on any atom is 0.137 e. The second kappa shape index (κ2) is 4.96. The molecule has 0 aliphatic heterocycles. The molecule has 0 spiro atoms. The second-order valence-electron chi connectivity index (χ2n) is 4.58. The Morgan fingerprint density at radius 1 is 1.35 bits per heavy atom. The lowest BCUT2D eigenvalue weighted by Crippen LogP contribution is -1.89. The summed E-state index contributed by atoms with van der Waals surface area (Å²) >= 11 is 1.55. The standard InChI is InChI=1S/C14H16FNS/c1-9(2)14-13(15)7-12(17-14)6-11-5-4-10(3)8-16-11/h4-5,7-9H,6H2,1-3H3. The molecule has 1 nitrogen and oxygen atoms in total. The summed E-state index contributed by atoms with van der Waals surface area (Å²) in [5.41, 5.74) is 2.14. The minimum Gasteiger partial charge on any atom is -0.261 e. The molecule has 0 bridgehead atoms. The van der Waals surface area contributed by atoms with Crippen molar-refractivity contribution in [2.75, 3.05) is 0 Å². The summed E-state index contributed by atoms with van der Waals surface area (Å²) in [6, 6.07) is 5.68. The van der Waals surface area contributed by atoms with Crippen LogP contribution in [0.4, 0.5) is 4.39 Å². The molecule has 3 heteroatoms. The number of nitrogens with zero attached hydrogens (tertiary/aromatic N) is 1. The molecule has 0 radical (unpaired) electrons. The molecule has 2 rings (SSSR count). The van der Waals surface area contributed by atoms with Crippen LogP contribution in [-0.2, 0) is 6.42 Å². The van der Waals surface area contributed by atoms with Gasteiger partial charge in [-0.2, -0.15) is 0 Å². The molecular weight excluding hydrogens is 233 g/mol. The Morgan fingerprint density at radius 2 is 2.12 bits per heavy atom. The molecule has 0 saturated heterocycles. The van der Waals surface area contributed by atoms with E-state index in [1.54, 1.807) is 17.4 Å². The highest BCUT2D eigenvalue weighted by atomic mass is 32.1. The molecule has 0 aromatic carbocycles. The SMILES string of the molecule is Cc1ccc(Cc2cc(F)c(C(C)C)s2)nc1. The molecule has 90 valence electrons. The van der Waals surface area contributed by atoms with Crippen molar-refractivity contribution in [2.45, 2.75) is 33.1 Å². The average molecular weight is 249 g/mol. The van der Waals surface area contributed by atoms with E-state index in [4.69, 9.17) is 0 Å². The van der Waals surface area contributed by atoms with E-state index in [0.717, 1.165) is 21.0 Å². The maximum absolute atomic E-state index is 13.6. The molecule has 0 fully saturated rings. The first-order valence-electron chi connectivity index (χ1n) is 5.76. The van der Waals surface area contributed by atoms with Gasteiger partial charge in [0, 0.05) is 28.1 Å². The summed E-state index contributed by atoms with van der Waals surface area (Å²) in [5.74, 6) is 0.173. The van der Waals surface area contributed by atoms with Crippen molar-refractivity contribution in [3.05, 3.63) is 51.2 Å². The van der Waals surface area contributed by atoms with Gasteiger partial charge in [-0.3, -0.25) is 4.98 Å². The van der Waals surface area contributed by atoms with Crippen molar-refractivity contribution in [1.29, 1.82) is 0 Å². The lowest BCUT2D eigenvalue weighted by atomic mass is 10.1. The van der Waals surface area contributed by atoms with Gasteiger partial charge < -0.3 is 0 Å². The van der Waals surface area contributed by atoms with Crippen LogP contribution >= 0.6 is 11.3 Å². The van der Waals surface area contributed by atoms with Gasteiger partial charge in [0.2, 0.25) is 0 Å². The van der Waals surface area contributed by atoms with Crippen molar-refractivity contribution >= 4 is 11.3 Å². The van der Waals surface area contributed by atoms with Crippen LogP contribution < -0.4 is 0 Å². The molecule has 0 atom stereocenters. The van der Waals surface area contributed by atoms with E-state index >= 15 is 0 Å². The van der Waals surface area contributed by atoms with Crippen LogP contribution in [0, 0.1) is 12.7 Å². The Labute approximate surface area is 105 Å². The molecule has 0 N–H and O–H groups in total. The number of halogens is 1. The number of thiophene rings is 1. The van der Waals surface area contributed by atoms with Gasteiger partial charge >= 0.3 is 0 Å². The van der Waals surface area contributed by atoms with Crippen LogP contribution in [0.25, 0.3) is 0 Å². The molecule has 0 amide bonds. The first kappa shape index (κ1) is 12.2. The third kappa shape index (κ3) is 2.91. The number of rotatable bonds is 3. The zero-order valence-electron chi connectivity index (χ0n) is 10.3. The molecule has 0 saturated carbocycles. The fourth-order valence-corrected chi connectivity index (χ4v) is 2.75. The summed E-state index contributed by atoms with van der Waals surface area (Å²) < 4.78 is 13.6. The van der Waals surface area contributed by atoms with Gasteiger partial charge in [-0.25, -0.2) is 4.39 Å². The lowest BCUT2D eigenvalue weighted by molar-refractivity contribution is 0.608. The van der Waals surface area contributed by atoms with Crippen LogP contribution in [0.1, 0.15) is 40.8 Å². The van der Waals surface area contributed by atoms with Crippen molar-refractivity contribution in [1.82, 2.24) is 4.98 Å². The lowest BCUT2D eigenvalue weighted by Gasteiger charge is -2.00. The predicted molar refractivity (Wildman–Crippen MR) is 70.1 cm³/mol. The number of hydrogen-bond donors (Lipinski definition) is 0. The Kier molecular flexibility index (Phi) is 3.57. The summed E-state index contributed by atoms with van der Waals surface area (Å²) in [4.78, 5) is 6.23. The molecule has 0 aliphatic carbocycles. The van der Waals surface area contributed by atoms with Crippen LogP contribution in [-0.4, -0.2) is 4.98 Å². The van der Waals surface area contributed by atoms with E-state index in [1.165, 1.54) is 0 Å². The highest BCUT2D eigenvalue weighted by Crippen LogP contribution is 2.29. The molecule has 17 heavy (non-hydrogen) atoms. The van der Waals surface area contributed by atoms with E-state index in [-0.39, 0.29) is 11.7 Å². The van der Waals surface area contributed by atoms with E-state index < -0.39 is 0 Å². The Bertz CT molecular complexity index is 499. The monoisotopic (exact) mass is 249 g/mol. The Balaban J connectivity index is 2.19. The zero-order chi connectivity index (χ0) is 12.4. The van der Waals surface area contributed by atoms with Crippen LogP contribution in [0.5, 0.6) is 0 Å². The van der Waals surface area contributed by atoms with Crippen LogP contribution in [0.3, 0.4) is 0 Å². The summed E-state index contributed by atoms with van der Waals surface area (Å²) in [6.07, 6.45) is 2.57.